The Kier molecular flexibility index (Phi) is 5.52. The van der Waals surface area contributed by atoms with E-state index in [1.807, 2.05) is 27.7 Å². The number of hydrogen-bond donors (Lipinski definition) is 2. The van der Waals surface area contributed by atoms with Crippen molar-refractivity contribution in [1.29, 1.82) is 0 Å². The highest BCUT2D eigenvalue weighted by Crippen LogP contribution is 2.38. The zero-order valence-electron chi connectivity index (χ0n) is 17.5. The molecule has 1 spiro atoms. The Labute approximate surface area is 171 Å². The van der Waals surface area contributed by atoms with Gasteiger partial charge in [0.15, 0.2) is 5.78 Å². The van der Waals surface area contributed by atoms with Crippen molar-refractivity contribution in [1.82, 2.24) is 10.2 Å². The second-order valence-corrected chi connectivity index (χ2v) is 9.14. The minimum atomic E-state index is -0.864. The lowest BCUT2D eigenvalue weighted by molar-refractivity contribution is -0.134. The Balaban J connectivity index is 1.68. The van der Waals surface area contributed by atoms with Crippen LogP contribution in [-0.2, 0) is 9.59 Å². The van der Waals surface area contributed by atoms with E-state index in [1.54, 1.807) is 24.3 Å². The molecule has 1 aliphatic carbocycles. The summed E-state index contributed by atoms with van der Waals surface area (Å²) in [6, 6.07) is 5.99. The summed E-state index contributed by atoms with van der Waals surface area (Å²) >= 11 is 0. The zero-order chi connectivity index (χ0) is 21.4. The van der Waals surface area contributed by atoms with Crippen LogP contribution in [0.5, 0.6) is 0 Å². The molecule has 2 aliphatic rings. The molecule has 1 aromatic carbocycles. The van der Waals surface area contributed by atoms with Crippen LogP contribution in [0.25, 0.3) is 0 Å². The van der Waals surface area contributed by atoms with Crippen LogP contribution in [0.4, 0.5) is 10.5 Å². The van der Waals surface area contributed by atoms with Crippen molar-refractivity contribution in [3.05, 3.63) is 29.8 Å². The van der Waals surface area contributed by atoms with Gasteiger partial charge in [0.1, 0.15) is 5.54 Å². The van der Waals surface area contributed by atoms with Crippen LogP contribution in [-0.4, -0.2) is 40.6 Å². The maximum atomic E-state index is 13.0. The first-order chi connectivity index (χ1) is 13.5. The van der Waals surface area contributed by atoms with Gasteiger partial charge in [0.2, 0.25) is 5.91 Å². The molecule has 1 saturated carbocycles. The van der Waals surface area contributed by atoms with Gasteiger partial charge in [-0.3, -0.25) is 19.3 Å². The highest BCUT2D eigenvalue weighted by molar-refractivity contribution is 6.11. The Hall–Kier alpha value is -2.70. The molecule has 1 aromatic rings. The van der Waals surface area contributed by atoms with E-state index in [0.29, 0.717) is 17.7 Å². The van der Waals surface area contributed by atoms with Crippen LogP contribution in [0.2, 0.25) is 0 Å². The lowest BCUT2D eigenvalue weighted by atomic mass is 9.73. The average molecular weight is 399 g/mol. The molecule has 0 radical (unpaired) electrons. The molecule has 7 nitrogen and oxygen atoms in total. The predicted octanol–water partition coefficient (Wildman–Crippen LogP) is 3.35. The number of ketones is 1. The fourth-order valence-electron chi connectivity index (χ4n) is 3.93. The molecule has 29 heavy (non-hydrogen) atoms. The molecule has 0 bridgehead atoms. The molecule has 3 rings (SSSR count). The van der Waals surface area contributed by atoms with Crippen LogP contribution in [0.3, 0.4) is 0 Å². The monoisotopic (exact) mass is 399 g/mol. The Morgan fingerprint density at radius 3 is 2.41 bits per heavy atom. The molecule has 1 aliphatic heterocycles. The molecule has 2 fully saturated rings. The molecule has 0 aromatic heterocycles. The number of carbonyl (C=O) groups is 4. The van der Waals surface area contributed by atoms with Gasteiger partial charge in [-0.1, -0.05) is 40.5 Å². The number of urea groups is 1. The van der Waals surface area contributed by atoms with E-state index in [-0.39, 0.29) is 30.1 Å². The second-order valence-electron chi connectivity index (χ2n) is 9.14. The van der Waals surface area contributed by atoms with Crippen molar-refractivity contribution in [2.45, 2.75) is 58.9 Å². The van der Waals surface area contributed by atoms with Gasteiger partial charge < -0.3 is 10.6 Å². The number of benzene rings is 1. The summed E-state index contributed by atoms with van der Waals surface area (Å²) in [5.41, 5.74) is -0.413. The van der Waals surface area contributed by atoms with Crippen molar-refractivity contribution >= 4 is 29.3 Å². The first-order valence-corrected chi connectivity index (χ1v) is 10.1. The summed E-state index contributed by atoms with van der Waals surface area (Å²) in [4.78, 5) is 51.2. The van der Waals surface area contributed by atoms with E-state index in [4.69, 9.17) is 0 Å². The zero-order valence-corrected chi connectivity index (χ0v) is 17.5. The number of anilines is 1. The first-order valence-electron chi connectivity index (χ1n) is 10.1. The summed E-state index contributed by atoms with van der Waals surface area (Å²) < 4.78 is 0. The number of imide groups is 1. The van der Waals surface area contributed by atoms with Gasteiger partial charge >= 0.3 is 6.03 Å². The number of Topliss-reactive ketones (excluding diaryl/α,β-unsaturated/α-hetero) is 1. The standard InChI is InChI=1S/C22H29N3O4/c1-14-7-5-6-12-22(14)19(28)25(20(29)24-22)13-17(26)15-8-10-16(11-9-15)23-18(27)21(2,3)4/h8-11,14H,5-7,12-13H2,1-4H3,(H,23,27)(H,24,29)/t14-,22-/m1/s1. The minimum absolute atomic E-state index is 0.0542. The van der Waals surface area contributed by atoms with Gasteiger partial charge in [-0.25, -0.2) is 4.79 Å². The summed E-state index contributed by atoms with van der Waals surface area (Å²) in [7, 11) is 0. The van der Waals surface area contributed by atoms with Gasteiger partial charge in [0.05, 0.1) is 6.54 Å². The van der Waals surface area contributed by atoms with E-state index in [1.165, 1.54) is 0 Å². The molecular weight excluding hydrogens is 370 g/mol. The van der Waals surface area contributed by atoms with E-state index in [0.717, 1.165) is 24.2 Å². The molecule has 7 heteroatoms. The third-order valence-corrected chi connectivity index (χ3v) is 5.95. The molecule has 156 valence electrons. The topological polar surface area (TPSA) is 95.6 Å². The fourth-order valence-corrected chi connectivity index (χ4v) is 3.93. The van der Waals surface area contributed by atoms with Crippen LogP contribution < -0.4 is 10.6 Å². The summed E-state index contributed by atoms with van der Waals surface area (Å²) in [5.74, 6) is -0.679. The van der Waals surface area contributed by atoms with Crippen LogP contribution >= 0.6 is 0 Å². The number of hydrogen-bond acceptors (Lipinski definition) is 4. The fraction of sp³-hybridized carbons (Fsp3) is 0.545. The quantitative estimate of drug-likeness (QED) is 0.599. The van der Waals surface area contributed by atoms with Crippen molar-refractivity contribution < 1.29 is 19.2 Å². The second kappa shape index (κ2) is 7.61. The average Bonchev–Trinajstić information content (AvgIpc) is 2.89. The number of nitrogens with one attached hydrogen (secondary N) is 2. The number of nitrogens with zero attached hydrogens (tertiary/aromatic N) is 1. The van der Waals surface area contributed by atoms with E-state index >= 15 is 0 Å². The van der Waals surface area contributed by atoms with Gasteiger partial charge in [-0.05, 0) is 43.0 Å². The molecular formula is C22H29N3O4. The largest absolute Gasteiger partial charge is 0.326 e. The maximum absolute atomic E-state index is 13.0. The molecule has 2 N–H and O–H groups in total. The smallest absolute Gasteiger partial charge is 0.325 e. The normalized spacial score (nSPS) is 24.6. The molecule has 4 amide bonds. The molecule has 2 atom stereocenters. The third kappa shape index (κ3) is 4.04. The highest BCUT2D eigenvalue weighted by atomic mass is 16.2. The summed E-state index contributed by atoms with van der Waals surface area (Å²) in [6.45, 7) is 7.15. The van der Waals surface area contributed by atoms with Crippen molar-refractivity contribution in [3.8, 4) is 0 Å². The Morgan fingerprint density at radius 1 is 1.17 bits per heavy atom. The molecule has 0 unspecified atom stereocenters. The van der Waals surface area contributed by atoms with Gasteiger partial charge in [0, 0.05) is 16.7 Å². The lowest BCUT2D eigenvalue weighted by Crippen LogP contribution is -2.54. The number of carbonyl (C=O) groups excluding carboxylic acids is 4. The minimum Gasteiger partial charge on any atom is -0.326 e. The summed E-state index contributed by atoms with van der Waals surface area (Å²) in [6.07, 6.45) is 3.43. The van der Waals surface area contributed by atoms with Gasteiger partial charge in [0.25, 0.3) is 5.91 Å². The van der Waals surface area contributed by atoms with E-state index in [9.17, 15) is 19.2 Å². The Morgan fingerprint density at radius 2 is 1.83 bits per heavy atom. The van der Waals surface area contributed by atoms with Crippen LogP contribution in [0.15, 0.2) is 24.3 Å². The SMILES string of the molecule is C[C@@H]1CCCC[C@@]12NC(=O)N(CC(=O)c1ccc(NC(=O)C(C)(C)C)cc1)C2=O. The van der Waals surface area contributed by atoms with E-state index < -0.39 is 17.0 Å². The highest BCUT2D eigenvalue weighted by Gasteiger charge is 2.55. The van der Waals surface area contributed by atoms with Crippen LogP contribution in [0, 0.1) is 11.3 Å². The number of amides is 4. The van der Waals surface area contributed by atoms with E-state index in [2.05, 4.69) is 10.6 Å². The summed E-state index contributed by atoms with van der Waals surface area (Å²) in [5, 5.41) is 5.66. The first kappa shape index (κ1) is 21.0. The van der Waals surface area contributed by atoms with Crippen molar-refractivity contribution in [2.75, 3.05) is 11.9 Å². The maximum Gasteiger partial charge on any atom is 0.325 e. The molecule has 1 saturated heterocycles. The van der Waals surface area contributed by atoms with Crippen LogP contribution in [0.1, 0.15) is 63.7 Å². The van der Waals surface area contributed by atoms with Crippen molar-refractivity contribution in [3.63, 3.8) is 0 Å². The third-order valence-electron chi connectivity index (χ3n) is 5.95. The lowest BCUT2D eigenvalue weighted by Gasteiger charge is -2.36. The Bertz CT molecular complexity index is 841. The van der Waals surface area contributed by atoms with Gasteiger partial charge in [-0.2, -0.15) is 0 Å². The van der Waals surface area contributed by atoms with Crippen molar-refractivity contribution in [2.24, 2.45) is 11.3 Å². The molecule has 1 heterocycles. The van der Waals surface area contributed by atoms with Gasteiger partial charge in [-0.15, -0.1) is 0 Å². The predicted molar refractivity (Wildman–Crippen MR) is 109 cm³/mol. The number of rotatable bonds is 4.